The highest BCUT2D eigenvalue weighted by molar-refractivity contribution is 5.67. The molecule has 1 fully saturated rings. The molecular weight excluding hydrogens is 328 g/mol. The first-order valence-electron chi connectivity index (χ1n) is 9.16. The molecule has 138 valence electrons. The van der Waals surface area contributed by atoms with Crippen LogP contribution in [0.2, 0.25) is 0 Å². The third kappa shape index (κ3) is 5.23. The zero-order chi connectivity index (χ0) is 18.2. The average molecular weight is 354 g/mol. The van der Waals surface area contributed by atoms with Gasteiger partial charge in [0, 0.05) is 31.4 Å². The molecule has 1 aliphatic rings. The number of hydrogen-bond acceptors (Lipinski definition) is 4. The maximum Gasteiger partial charge on any atom is 0.407 e. The molecule has 0 bridgehead atoms. The summed E-state index contributed by atoms with van der Waals surface area (Å²) >= 11 is 0. The number of ether oxygens (including phenoxy) is 1. The minimum Gasteiger partial charge on any atom is -0.445 e. The van der Waals surface area contributed by atoms with Gasteiger partial charge in [0.2, 0.25) is 0 Å². The summed E-state index contributed by atoms with van der Waals surface area (Å²) in [6.07, 6.45) is 2.15. The van der Waals surface area contributed by atoms with Gasteiger partial charge in [0.1, 0.15) is 6.61 Å². The van der Waals surface area contributed by atoms with Crippen LogP contribution in [-0.4, -0.2) is 36.9 Å². The normalized spacial score (nSPS) is 14.9. The van der Waals surface area contributed by atoms with Crippen molar-refractivity contribution in [2.45, 2.75) is 31.9 Å². The predicted octanol–water partition coefficient (Wildman–Crippen LogP) is 3.12. The molecule has 2 N–H and O–H groups in total. The van der Waals surface area contributed by atoms with Gasteiger partial charge >= 0.3 is 6.09 Å². The van der Waals surface area contributed by atoms with Crippen LogP contribution in [0, 0.1) is 0 Å². The van der Waals surface area contributed by atoms with E-state index in [9.17, 15) is 4.79 Å². The van der Waals surface area contributed by atoms with Gasteiger partial charge < -0.3 is 20.1 Å². The summed E-state index contributed by atoms with van der Waals surface area (Å²) in [6.45, 7) is 2.29. The summed E-state index contributed by atoms with van der Waals surface area (Å²) in [6, 6.07) is 18.2. The van der Waals surface area contributed by atoms with Crippen molar-refractivity contribution in [3.63, 3.8) is 0 Å². The molecule has 1 saturated heterocycles. The van der Waals surface area contributed by atoms with Crippen molar-refractivity contribution in [2.75, 3.05) is 24.6 Å². The second-order valence-corrected chi connectivity index (χ2v) is 6.61. The molecule has 0 aliphatic carbocycles. The van der Waals surface area contributed by atoms with Crippen LogP contribution < -0.4 is 10.2 Å². The molecular formula is C21H26N2O3. The van der Waals surface area contributed by atoms with Gasteiger partial charge in [0.15, 0.2) is 0 Å². The first kappa shape index (κ1) is 18.3. The number of aliphatic hydroxyl groups excluding tert-OH is 1. The third-order valence-electron chi connectivity index (χ3n) is 4.73. The van der Waals surface area contributed by atoms with E-state index in [1.807, 2.05) is 30.3 Å². The number of amides is 1. The highest BCUT2D eigenvalue weighted by Crippen LogP contribution is 2.21. The maximum atomic E-state index is 12.0. The fourth-order valence-electron chi connectivity index (χ4n) is 3.22. The van der Waals surface area contributed by atoms with Crippen LogP contribution in [-0.2, 0) is 17.8 Å². The van der Waals surface area contributed by atoms with Crippen molar-refractivity contribution >= 4 is 11.8 Å². The number of hydrogen-bond donors (Lipinski definition) is 2. The molecule has 0 unspecified atom stereocenters. The van der Waals surface area contributed by atoms with Gasteiger partial charge in [-0.3, -0.25) is 0 Å². The van der Waals surface area contributed by atoms with Crippen LogP contribution in [0.4, 0.5) is 10.5 Å². The van der Waals surface area contributed by atoms with Gasteiger partial charge in [-0.2, -0.15) is 0 Å². The van der Waals surface area contributed by atoms with Crippen LogP contribution in [0.25, 0.3) is 0 Å². The lowest BCUT2D eigenvalue weighted by Crippen LogP contribution is -2.44. The van der Waals surface area contributed by atoms with Crippen LogP contribution in [0.3, 0.4) is 0 Å². The molecule has 26 heavy (non-hydrogen) atoms. The first-order chi connectivity index (χ1) is 12.7. The molecule has 0 spiro atoms. The molecule has 0 saturated carbocycles. The van der Waals surface area contributed by atoms with E-state index in [1.54, 1.807) is 0 Å². The molecule has 5 nitrogen and oxygen atoms in total. The number of benzene rings is 2. The summed E-state index contributed by atoms with van der Waals surface area (Å²) in [5.74, 6) is 0. The second kappa shape index (κ2) is 9.25. The van der Waals surface area contributed by atoms with Gasteiger partial charge in [0.05, 0.1) is 0 Å². The largest absolute Gasteiger partial charge is 0.445 e. The average Bonchev–Trinajstić information content (AvgIpc) is 2.69. The molecule has 3 rings (SSSR count). The van der Waals surface area contributed by atoms with E-state index in [-0.39, 0.29) is 18.7 Å². The van der Waals surface area contributed by atoms with Gasteiger partial charge in [-0.25, -0.2) is 4.79 Å². The number of aliphatic hydroxyl groups is 1. The lowest BCUT2D eigenvalue weighted by atomic mass is 10.0. The van der Waals surface area contributed by atoms with Gasteiger partial charge in [-0.05, 0) is 42.5 Å². The molecule has 1 aliphatic heterocycles. The zero-order valence-electron chi connectivity index (χ0n) is 14.9. The summed E-state index contributed by atoms with van der Waals surface area (Å²) in [5.41, 5.74) is 3.33. The van der Waals surface area contributed by atoms with E-state index < -0.39 is 0 Å². The highest BCUT2D eigenvalue weighted by atomic mass is 16.5. The fourth-order valence-corrected chi connectivity index (χ4v) is 3.22. The van der Waals surface area contributed by atoms with Crippen LogP contribution >= 0.6 is 0 Å². The molecule has 2 aromatic rings. The van der Waals surface area contributed by atoms with Crippen molar-refractivity contribution in [2.24, 2.45) is 0 Å². The quantitative estimate of drug-likeness (QED) is 0.837. The lowest BCUT2D eigenvalue weighted by Gasteiger charge is -2.33. The van der Waals surface area contributed by atoms with E-state index in [1.165, 1.54) is 5.69 Å². The van der Waals surface area contributed by atoms with Crippen LogP contribution in [0.5, 0.6) is 0 Å². The topological polar surface area (TPSA) is 61.8 Å². The Hall–Kier alpha value is -2.53. The molecule has 1 amide bonds. The van der Waals surface area contributed by atoms with Crippen LogP contribution in [0.15, 0.2) is 54.6 Å². The lowest BCUT2D eigenvalue weighted by molar-refractivity contribution is 0.134. The van der Waals surface area contributed by atoms with Gasteiger partial charge in [0.25, 0.3) is 0 Å². The van der Waals surface area contributed by atoms with Gasteiger partial charge in [-0.1, -0.05) is 42.5 Å². The van der Waals surface area contributed by atoms with Crippen molar-refractivity contribution in [3.05, 3.63) is 65.7 Å². The second-order valence-electron chi connectivity index (χ2n) is 6.61. The minimum atomic E-state index is -0.347. The molecule has 0 atom stereocenters. The number of piperidine rings is 1. The number of alkyl carbamates (subject to hydrolysis) is 1. The van der Waals surface area contributed by atoms with Crippen molar-refractivity contribution in [1.29, 1.82) is 0 Å². The zero-order valence-corrected chi connectivity index (χ0v) is 14.9. The Labute approximate surface area is 154 Å². The Bertz CT molecular complexity index is 680. The SMILES string of the molecule is O=C(NC1CCN(c2ccc(CCO)cc2)CC1)OCc1ccccc1. The number of carbonyl (C=O) groups excluding carboxylic acids is 1. The Morgan fingerprint density at radius 3 is 2.38 bits per heavy atom. The molecule has 1 heterocycles. The third-order valence-corrected chi connectivity index (χ3v) is 4.73. The summed E-state index contributed by atoms with van der Waals surface area (Å²) in [5, 5.41) is 12.0. The first-order valence-corrected chi connectivity index (χ1v) is 9.16. The minimum absolute atomic E-state index is 0.156. The molecule has 5 heteroatoms. The van der Waals surface area contributed by atoms with Crippen molar-refractivity contribution < 1.29 is 14.6 Å². The van der Waals surface area contributed by atoms with Crippen LogP contribution in [0.1, 0.15) is 24.0 Å². The number of anilines is 1. The van der Waals surface area contributed by atoms with Crippen molar-refractivity contribution in [1.82, 2.24) is 5.32 Å². The number of nitrogens with one attached hydrogen (secondary N) is 1. The van der Waals surface area contributed by atoms with E-state index in [0.717, 1.165) is 37.1 Å². The fraction of sp³-hybridized carbons (Fsp3) is 0.381. The standard InChI is InChI=1S/C21H26N2O3/c24-15-12-17-6-8-20(9-7-17)23-13-10-19(11-14-23)22-21(25)26-16-18-4-2-1-3-5-18/h1-9,19,24H,10-16H2,(H,22,25). The summed E-state index contributed by atoms with van der Waals surface area (Å²) in [4.78, 5) is 14.3. The Morgan fingerprint density at radius 1 is 1.04 bits per heavy atom. The Balaban J connectivity index is 1.41. The van der Waals surface area contributed by atoms with E-state index in [2.05, 4.69) is 34.5 Å². The number of nitrogens with zero attached hydrogens (tertiary/aromatic N) is 1. The Morgan fingerprint density at radius 2 is 1.73 bits per heavy atom. The number of carbonyl (C=O) groups is 1. The smallest absolute Gasteiger partial charge is 0.407 e. The van der Waals surface area contributed by atoms with E-state index in [4.69, 9.17) is 9.84 Å². The molecule has 0 aromatic heterocycles. The van der Waals surface area contributed by atoms with E-state index in [0.29, 0.717) is 13.0 Å². The maximum absolute atomic E-state index is 12.0. The van der Waals surface area contributed by atoms with E-state index >= 15 is 0 Å². The number of rotatable bonds is 6. The van der Waals surface area contributed by atoms with Gasteiger partial charge in [-0.15, -0.1) is 0 Å². The predicted molar refractivity (Wildman–Crippen MR) is 102 cm³/mol. The summed E-state index contributed by atoms with van der Waals surface area (Å²) < 4.78 is 5.29. The molecule has 2 aromatic carbocycles. The Kier molecular flexibility index (Phi) is 6.50. The molecule has 0 radical (unpaired) electrons. The van der Waals surface area contributed by atoms with Crippen molar-refractivity contribution in [3.8, 4) is 0 Å². The summed E-state index contributed by atoms with van der Waals surface area (Å²) in [7, 11) is 0. The monoisotopic (exact) mass is 354 g/mol. The highest BCUT2D eigenvalue weighted by Gasteiger charge is 2.21.